The van der Waals surface area contributed by atoms with E-state index in [1.807, 2.05) is 0 Å². The molecular formula is C18H30N2O. The first-order valence-electron chi connectivity index (χ1n) is 8.27. The Morgan fingerprint density at radius 2 is 1.52 bits per heavy atom. The van der Waals surface area contributed by atoms with E-state index in [0.29, 0.717) is 0 Å². The molecule has 1 aliphatic heterocycles. The molecule has 0 unspecified atom stereocenters. The van der Waals surface area contributed by atoms with E-state index in [9.17, 15) is 0 Å². The molecule has 3 heteroatoms. The van der Waals surface area contributed by atoms with Crippen molar-refractivity contribution in [1.82, 2.24) is 9.80 Å². The quantitative estimate of drug-likeness (QED) is 0.731. The molecule has 2 rings (SSSR count). The minimum absolute atomic E-state index is 0.904. The SMILES string of the molecule is CN(C)CCCc1ccc(CCCN2CCOCC2)cc1. The van der Waals surface area contributed by atoms with Crippen LogP contribution < -0.4 is 0 Å². The van der Waals surface area contributed by atoms with Crippen molar-refractivity contribution in [3.05, 3.63) is 35.4 Å². The summed E-state index contributed by atoms with van der Waals surface area (Å²) in [5.74, 6) is 0. The van der Waals surface area contributed by atoms with Crippen molar-refractivity contribution in [1.29, 1.82) is 0 Å². The maximum absolute atomic E-state index is 5.38. The molecule has 1 fully saturated rings. The van der Waals surface area contributed by atoms with Gasteiger partial charge in [0.2, 0.25) is 0 Å². The Morgan fingerprint density at radius 1 is 0.952 bits per heavy atom. The first kappa shape index (κ1) is 16.5. The number of morpholine rings is 1. The molecule has 0 bridgehead atoms. The summed E-state index contributed by atoms with van der Waals surface area (Å²) in [6.07, 6.45) is 4.87. The van der Waals surface area contributed by atoms with Crippen molar-refractivity contribution < 1.29 is 4.74 Å². The Kier molecular flexibility index (Phi) is 7.20. The maximum atomic E-state index is 5.38. The number of hydrogen-bond donors (Lipinski definition) is 0. The summed E-state index contributed by atoms with van der Waals surface area (Å²) in [6, 6.07) is 9.23. The smallest absolute Gasteiger partial charge is 0.0594 e. The monoisotopic (exact) mass is 290 g/mol. The summed E-state index contributed by atoms with van der Waals surface area (Å²) < 4.78 is 5.38. The lowest BCUT2D eigenvalue weighted by molar-refractivity contribution is 0.0375. The summed E-state index contributed by atoms with van der Waals surface area (Å²) >= 11 is 0. The van der Waals surface area contributed by atoms with Gasteiger partial charge in [0.25, 0.3) is 0 Å². The number of hydrogen-bond acceptors (Lipinski definition) is 3. The molecule has 21 heavy (non-hydrogen) atoms. The molecule has 1 aromatic carbocycles. The fourth-order valence-corrected chi connectivity index (χ4v) is 2.80. The molecule has 1 aromatic rings. The molecule has 0 spiro atoms. The predicted octanol–water partition coefficient (Wildman–Crippen LogP) is 2.45. The molecule has 118 valence electrons. The molecule has 0 radical (unpaired) electrons. The van der Waals surface area contributed by atoms with Crippen molar-refractivity contribution in [2.75, 3.05) is 53.5 Å². The Hall–Kier alpha value is -0.900. The van der Waals surface area contributed by atoms with Gasteiger partial charge in [0.1, 0.15) is 0 Å². The van der Waals surface area contributed by atoms with Crippen molar-refractivity contribution >= 4 is 0 Å². The Labute approximate surface area is 129 Å². The summed E-state index contributed by atoms with van der Waals surface area (Å²) in [5, 5.41) is 0. The van der Waals surface area contributed by atoms with Crippen LogP contribution in [-0.2, 0) is 17.6 Å². The molecule has 0 aliphatic carbocycles. The fourth-order valence-electron chi connectivity index (χ4n) is 2.80. The third-order valence-corrected chi connectivity index (χ3v) is 4.14. The maximum Gasteiger partial charge on any atom is 0.0594 e. The van der Waals surface area contributed by atoms with Crippen LogP contribution >= 0.6 is 0 Å². The van der Waals surface area contributed by atoms with Gasteiger partial charge in [-0.3, -0.25) is 4.90 Å². The van der Waals surface area contributed by atoms with Crippen LogP contribution in [0.1, 0.15) is 24.0 Å². The summed E-state index contributed by atoms with van der Waals surface area (Å²) in [7, 11) is 4.27. The lowest BCUT2D eigenvalue weighted by Crippen LogP contribution is -2.36. The summed E-state index contributed by atoms with van der Waals surface area (Å²) in [5.41, 5.74) is 2.94. The van der Waals surface area contributed by atoms with E-state index in [0.717, 1.165) is 26.3 Å². The van der Waals surface area contributed by atoms with Crippen molar-refractivity contribution in [3.8, 4) is 0 Å². The molecule has 0 atom stereocenters. The van der Waals surface area contributed by atoms with Gasteiger partial charge in [0.05, 0.1) is 13.2 Å². The van der Waals surface area contributed by atoms with Gasteiger partial charge < -0.3 is 9.64 Å². The highest BCUT2D eigenvalue weighted by molar-refractivity contribution is 5.22. The third kappa shape index (κ3) is 6.60. The molecule has 0 saturated carbocycles. The number of rotatable bonds is 8. The van der Waals surface area contributed by atoms with Crippen LogP contribution in [0.25, 0.3) is 0 Å². The van der Waals surface area contributed by atoms with Gasteiger partial charge in [0, 0.05) is 13.1 Å². The minimum atomic E-state index is 0.904. The lowest BCUT2D eigenvalue weighted by atomic mass is 10.0. The highest BCUT2D eigenvalue weighted by Crippen LogP contribution is 2.10. The average molecular weight is 290 g/mol. The summed E-state index contributed by atoms with van der Waals surface area (Å²) in [4.78, 5) is 4.76. The Balaban J connectivity index is 1.64. The number of aryl methyl sites for hydroxylation is 2. The van der Waals surface area contributed by atoms with E-state index in [-0.39, 0.29) is 0 Å². The second kappa shape index (κ2) is 9.19. The van der Waals surface area contributed by atoms with Gasteiger partial charge in [-0.15, -0.1) is 0 Å². The van der Waals surface area contributed by atoms with E-state index in [1.54, 1.807) is 0 Å². The standard InChI is InChI=1S/C18H30N2O/c1-19(2)11-3-5-17-7-9-18(10-8-17)6-4-12-20-13-15-21-16-14-20/h7-10H,3-6,11-16H2,1-2H3. The normalized spacial score (nSPS) is 16.5. The Morgan fingerprint density at radius 3 is 2.10 bits per heavy atom. The Bertz CT molecular complexity index is 383. The highest BCUT2D eigenvalue weighted by atomic mass is 16.5. The van der Waals surface area contributed by atoms with Gasteiger partial charge in [-0.2, -0.15) is 0 Å². The first-order valence-corrected chi connectivity index (χ1v) is 8.27. The van der Waals surface area contributed by atoms with Crippen LogP contribution in [0, 0.1) is 0 Å². The zero-order valence-corrected chi connectivity index (χ0v) is 13.7. The number of ether oxygens (including phenoxy) is 1. The van der Waals surface area contributed by atoms with E-state index in [1.165, 1.54) is 49.9 Å². The zero-order valence-electron chi connectivity index (χ0n) is 13.7. The molecular weight excluding hydrogens is 260 g/mol. The van der Waals surface area contributed by atoms with Gasteiger partial charge >= 0.3 is 0 Å². The lowest BCUT2D eigenvalue weighted by Gasteiger charge is -2.26. The highest BCUT2D eigenvalue weighted by Gasteiger charge is 2.09. The van der Waals surface area contributed by atoms with Crippen LogP contribution in [0.3, 0.4) is 0 Å². The van der Waals surface area contributed by atoms with E-state index < -0.39 is 0 Å². The average Bonchev–Trinajstić information content (AvgIpc) is 2.50. The van der Waals surface area contributed by atoms with Crippen LogP contribution in [-0.4, -0.2) is 63.3 Å². The van der Waals surface area contributed by atoms with E-state index in [4.69, 9.17) is 4.74 Å². The van der Waals surface area contributed by atoms with Crippen LogP contribution in [0.5, 0.6) is 0 Å². The molecule has 1 saturated heterocycles. The molecule has 0 aromatic heterocycles. The molecule has 1 aliphatic rings. The minimum Gasteiger partial charge on any atom is -0.379 e. The van der Waals surface area contributed by atoms with E-state index >= 15 is 0 Å². The molecule has 1 heterocycles. The van der Waals surface area contributed by atoms with Crippen molar-refractivity contribution in [3.63, 3.8) is 0 Å². The second-order valence-electron chi connectivity index (χ2n) is 6.28. The topological polar surface area (TPSA) is 15.7 Å². The number of nitrogens with zero attached hydrogens (tertiary/aromatic N) is 2. The van der Waals surface area contributed by atoms with Crippen LogP contribution in [0.4, 0.5) is 0 Å². The van der Waals surface area contributed by atoms with Crippen LogP contribution in [0.2, 0.25) is 0 Å². The van der Waals surface area contributed by atoms with E-state index in [2.05, 4.69) is 48.2 Å². The van der Waals surface area contributed by atoms with Gasteiger partial charge in [0.15, 0.2) is 0 Å². The van der Waals surface area contributed by atoms with Crippen molar-refractivity contribution in [2.45, 2.75) is 25.7 Å². The summed E-state index contributed by atoms with van der Waals surface area (Å²) in [6.45, 7) is 6.38. The zero-order chi connectivity index (χ0) is 14.9. The van der Waals surface area contributed by atoms with Gasteiger partial charge in [-0.1, -0.05) is 24.3 Å². The van der Waals surface area contributed by atoms with Crippen molar-refractivity contribution in [2.24, 2.45) is 0 Å². The predicted molar refractivity (Wildman–Crippen MR) is 88.9 cm³/mol. The fraction of sp³-hybridized carbons (Fsp3) is 0.667. The molecule has 0 N–H and O–H groups in total. The largest absolute Gasteiger partial charge is 0.379 e. The van der Waals surface area contributed by atoms with Gasteiger partial charge in [-0.05, 0) is 64.0 Å². The third-order valence-electron chi connectivity index (χ3n) is 4.14. The van der Waals surface area contributed by atoms with Gasteiger partial charge in [-0.25, -0.2) is 0 Å². The first-order chi connectivity index (χ1) is 10.2. The molecule has 0 amide bonds. The number of benzene rings is 1. The second-order valence-corrected chi connectivity index (χ2v) is 6.28. The molecule has 3 nitrogen and oxygen atoms in total. The van der Waals surface area contributed by atoms with Crippen LogP contribution in [0.15, 0.2) is 24.3 Å².